The number of sulfonamides is 1. The minimum absolute atomic E-state index is 0.0228. The minimum atomic E-state index is -3.85. The topological polar surface area (TPSA) is 105 Å². The number of benzene rings is 2. The molecule has 8 heteroatoms. The Balaban J connectivity index is 2.14. The number of nitrogens with one attached hydrogen (secondary N) is 1. The quantitative estimate of drug-likeness (QED) is 0.589. The summed E-state index contributed by atoms with van der Waals surface area (Å²) in [5.74, 6) is -0.554. The smallest absolute Gasteiger partial charge is 0.336 e. The van der Waals surface area contributed by atoms with E-state index in [1.54, 1.807) is 24.3 Å². The molecule has 0 fully saturated rings. The van der Waals surface area contributed by atoms with Gasteiger partial charge in [0.05, 0.1) is 23.3 Å². The van der Waals surface area contributed by atoms with Crippen LogP contribution in [0.4, 0.5) is 0 Å². The van der Waals surface area contributed by atoms with Crippen molar-refractivity contribution in [3.8, 4) is 5.75 Å². The molecule has 0 amide bonds. The van der Waals surface area contributed by atoms with Crippen LogP contribution in [0.3, 0.4) is 0 Å². The van der Waals surface area contributed by atoms with Crippen molar-refractivity contribution in [1.82, 2.24) is 4.83 Å². The second-order valence-electron chi connectivity index (χ2n) is 4.65. The molecule has 0 aliphatic heterocycles. The molecule has 0 unspecified atom stereocenters. The van der Waals surface area contributed by atoms with Gasteiger partial charge in [-0.2, -0.15) is 13.5 Å². The monoisotopic (exact) mass is 348 g/mol. The Morgan fingerprint density at radius 1 is 1.21 bits per heavy atom. The van der Waals surface area contributed by atoms with Crippen LogP contribution in [-0.4, -0.2) is 32.3 Å². The van der Waals surface area contributed by atoms with Crippen LogP contribution in [0.2, 0.25) is 0 Å². The molecule has 0 aliphatic carbocycles. The Labute approximate surface area is 139 Å². The molecule has 0 saturated heterocycles. The van der Waals surface area contributed by atoms with Crippen LogP contribution < -0.4 is 9.57 Å². The van der Waals surface area contributed by atoms with Crippen LogP contribution in [0.5, 0.6) is 5.75 Å². The van der Waals surface area contributed by atoms with Gasteiger partial charge in [-0.1, -0.05) is 18.2 Å². The number of carboxylic acid groups (broad SMARTS) is 1. The molecule has 0 spiro atoms. The first-order chi connectivity index (χ1) is 11.4. The van der Waals surface area contributed by atoms with Crippen molar-refractivity contribution in [2.24, 2.45) is 5.10 Å². The van der Waals surface area contributed by atoms with Crippen molar-refractivity contribution in [3.63, 3.8) is 0 Å². The molecular formula is C16H16N2O5S. The Morgan fingerprint density at radius 2 is 1.88 bits per heavy atom. The van der Waals surface area contributed by atoms with Gasteiger partial charge in [-0.15, -0.1) is 0 Å². The lowest BCUT2D eigenvalue weighted by Gasteiger charge is -2.06. The number of hydrazone groups is 1. The van der Waals surface area contributed by atoms with E-state index in [4.69, 9.17) is 9.84 Å². The fourth-order valence-corrected chi connectivity index (χ4v) is 2.70. The normalized spacial score (nSPS) is 11.4. The molecule has 2 N–H and O–H groups in total. The zero-order valence-electron chi connectivity index (χ0n) is 12.8. The minimum Gasteiger partial charge on any atom is -0.494 e. The van der Waals surface area contributed by atoms with Gasteiger partial charge in [0.1, 0.15) is 5.75 Å². The Hall–Kier alpha value is -2.87. The van der Waals surface area contributed by atoms with Gasteiger partial charge in [0.15, 0.2) is 0 Å². The molecule has 2 aromatic carbocycles. The summed E-state index contributed by atoms with van der Waals surface area (Å²) >= 11 is 0. The molecule has 7 nitrogen and oxygen atoms in total. The molecule has 0 bridgehead atoms. The molecule has 0 heterocycles. The highest BCUT2D eigenvalue weighted by Gasteiger charge is 2.13. The number of hydrogen-bond donors (Lipinski definition) is 2. The highest BCUT2D eigenvalue weighted by atomic mass is 32.2. The van der Waals surface area contributed by atoms with Crippen LogP contribution in [0.1, 0.15) is 22.8 Å². The molecule has 2 aromatic rings. The maximum atomic E-state index is 12.1. The number of carboxylic acids is 1. The zero-order valence-corrected chi connectivity index (χ0v) is 13.7. The Morgan fingerprint density at radius 3 is 2.50 bits per heavy atom. The largest absolute Gasteiger partial charge is 0.494 e. The third-order valence-electron chi connectivity index (χ3n) is 3.01. The van der Waals surface area contributed by atoms with Crippen molar-refractivity contribution in [1.29, 1.82) is 0 Å². The number of rotatable bonds is 7. The SMILES string of the molecule is CCOc1ccc(S(=O)(=O)N/N=C/c2ccccc2C(=O)O)cc1. The Bertz CT molecular complexity index is 845. The maximum absolute atomic E-state index is 12.1. The summed E-state index contributed by atoms with van der Waals surface area (Å²) in [6.07, 6.45) is 1.15. The third-order valence-corrected chi connectivity index (χ3v) is 4.25. The predicted molar refractivity (Wildman–Crippen MR) is 88.9 cm³/mol. The second kappa shape index (κ2) is 7.60. The average Bonchev–Trinajstić information content (AvgIpc) is 2.56. The van der Waals surface area contributed by atoms with Crippen molar-refractivity contribution < 1.29 is 23.1 Å². The summed E-state index contributed by atoms with van der Waals surface area (Å²) in [6, 6.07) is 12.0. The van der Waals surface area contributed by atoms with E-state index in [1.807, 2.05) is 11.8 Å². The zero-order chi connectivity index (χ0) is 17.6. The summed E-state index contributed by atoms with van der Waals surface area (Å²) in [5, 5.41) is 12.7. The molecule has 126 valence electrons. The van der Waals surface area contributed by atoms with Crippen LogP contribution in [0.15, 0.2) is 58.5 Å². The fourth-order valence-electron chi connectivity index (χ4n) is 1.90. The second-order valence-corrected chi connectivity index (χ2v) is 6.31. The molecule has 0 radical (unpaired) electrons. The van der Waals surface area contributed by atoms with Gasteiger partial charge in [0, 0.05) is 5.56 Å². The molecule has 0 aromatic heterocycles. The van der Waals surface area contributed by atoms with Crippen molar-refractivity contribution in [3.05, 3.63) is 59.7 Å². The summed E-state index contributed by atoms with van der Waals surface area (Å²) in [5.41, 5.74) is 0.320. The van der Waals surface area contributed by atoms with E-state index in [2.05, 4.69) is 5.10 Å². The number of ether oxygens (including phenoxy) is 1. The van der Waals surface area contributed by atoms with Crippen LogP contribution in [0, 0.1) is 0 Å². The lowest BCUT2D eigenvalue weighted by Crippen LogP contribution is -2.18. The molecule has 0 saturated carbocycles. The molecule has 0 atom stereocenters. The van der Waals surface area contributed by atoms with Gasteiger partial charge in [-0.25, -0.2) is 9.63 Å². The van der Waals surface area contributed by atoms with Gasteiger partial charge >= 0.3 is 5.97 Å². The molecular weight excluding hydrogens is 332 g/mol. The number of nitrogens with zero attached hydrogens (tertiary/aromatic N) is 1. The first-order valence-corrected chi connectivity index (χ1v) is 8.52. The molecule has 2 rings (SSSR count). The van der Waals surface area contributed by atoms with Gasteiger partial charge < -0.3 is 9.84 Å². The summed E-state index contributed by atoms with van der Waals surface area (Å²) in [7, 11) is -3.85. The lowest BCUT2D eigenvalue weighted by molar-refractivity contribution is 0.0696. The fraction of sp³-hybridized carbons (Fsp3) is 0.125. The van der Waals surface area contributed by atoms with E-state index in [9.17, 15) is 13.2 Å². The van der Waals surface area contributed by atoms with Crippen LogP contribution in [0.25, 0.3) is 0 Å². The lowest BCUT2D eigenvalue weighted by atomic mass is 10.1. The predicted octanol–water partition coefficient (Wildman–Crippen LogP) is 2.10. The van der Waals surface area contributed by atoms with E-state index >= 15 is 0 Å². The van der Waals surface area contributed by atoms with E-state index in [1.165, 1.54) is 24.3 Å². The van der Waals surface area contributed by atoms with Gasteiger partial charge in [0.25, 0.3) is 10.0 Å². The number of hydrogen-bond acceptors (Lipinski definition) is 5. The first kappa shape index (κ1) is 17.5. The third kappa shape index (κ3) is 4.32. The highest BCUT2D eigenvalue weighted by molar-refractivity contribution is 7.89. The van der Waals surface area contributed by atoms with Crippen molar-refractivity contribution in [2.75, 3.05) is 6.61 Å². The molecule has 24 heavy (non-hydrogen) atoms. The van der Waals surface area contributed by atoms with Crippen LogP contribution in [-0.2, 0) is 10.0 Å². The van der Waals surface area contributed by atoms with Gasteiger partial charge in [-0.05, 0) is 37.3 Å². The number of carbonyl (C=O) groups is 1. The summed E-state index contributed by atoms with van der Waals surface area (Å²) in [6.45, 7) is 2.31. The van der Waals surface area contributed by atoms with Crippen molar-refractivity contribution in [2.45, 2.75) is 11.8 Å². The first-order valence-electron chi connectivity index (χ1n) is 7.04. The van der Waals surface area contributed by atoms with Gasteiger partial charge in [0.2, 0.25) is 0 Å². The van der Waals surface area contributed by atoms with Crippen LogP contribution >= 0.6 is 0 Å². The summed E-state index contributed by atoms with van der Waals surface area (Å²) < 4.78 is 29.5. The standard InChI is InChI=1S/C16H16N2O5S/c1-2-23-13-7-9-14(10-8-13)24(21,22)18-17-11-12-5-3-4-6-15(12)16(19)20/h3-11,18H,2H2,1H3,(H,19,20)/b17-11+. The van der Waals surface area contributed by atoms with E-state index in [0.717, 1.165) is 6.21 Å². The Kier molecular flexibility index (Phi) is 5.54. The van der Waals surface area contributed by atoms with E-state index < -0.39 is 16.0 Å². The van der Waals surface area contributed by atoms with E-state index in [0.29, 0.717) is 17.9 Å². The van der Waals surface area contributed by atoms with E-state index in [-0.39, 0.29) is 10.5 Å². The number of aromatic carboxylic acids is 1. The average molecular weight is 348 g/mol. The summed E-state index contributed by atoms with van der Waals surface area (Å²) in [4.78, 5) is 13.1. The van der Waals surface area contributed by atoms with Gasteiger partial charge in [-0.3, -0.25) is 0 Å². The van der Waals surface area contributed by atoms with Crippen molar-refractivity contribution >= 4 is 22.2 Å². The highest BCUT2D eigenvalue weighted by Crippen LogP contribution is 2.15. The molecule has 0 aliphatic rings. The maximum Gasteiger partial charge on any atom is 0.336 e.